The molecule has 2 aromatic heterocycles. The zero-order valence-corrected chi connectivity index (χ0v) is 15.2. The molecular weight excluding hydrogens is 312 g/mol. The number of pyridine rings is 1. The second kappa shape index (κ2) is 6.31. The van der Waals surface area contributed by atoms with Gasteiger partial charge < -0.3 is 10.3 Å². The summed E-state index contributed by atoms with van der Waals surface area (Å²) in [5.41, 5.74) is 9.22. The first-order chi connectivity index (χ1) is 11.7. The Bertz CT molecular complexity index is 983. The van der Waals surface area contributed by atoms with Crippen molar-refractivity contribution in [2.45, 2.75) is 40.7 Å². The van der Waals surface area contributed by atoms with Gasteiger partial charge in [0, 0.05) is 24.3 Å². The summed E-state index contributed by atoms with van der Waals surface area (Å²) in [6, 6.07) is 7.76. The average molecular weight is 336 g/mol. The third kappa shape index (κ3) is 3.71. The molecule has 0 atom stereocenters. The summed E-state index contributed by atoms with van der Waals surface area (Å²) in [4.78, 5) is 21.3. The fourth-order valence-corrected chi connectivity index (χ4v) is 2.85. The highest BCUT2D eigenvalue weighted by Gasteiger charge is 2.14. The minimum absolute atomic E-state index is 0.0416. The first kappa shape index (κ1) is 17.1. The predicted molar refractivity (Wildman–Crippen MR) is 102 cm³/mol. The van der Waals surface area contributed by atoms with E-state index in [1.165, 1.54) is 0 Å². The molecule has 0 aliphatic carbocycles. The summed E-state index contributed by atoms with van der Waals surface area (Å²) in [5, 5.41) is 0.871. The van der Waals surface area contributed by atoms with E-state index < -0.39 is 0 Å². The van der Waals surface area contributed by atoms with E-state index >= 15 is 0 Å². The van der Waals surface area contributed by atoms with E-state index in [-0.39, 0.29) is 16.9 Å². The standard InChI is InChI=1S/C20H24N4O/c1-13-7-9-24(10-8-20(2,3)4)18(25)17(13)14-5-6-16-15(11-14)12-22-19(21)23-16/h5-7,9,11-12H,8,10H2,1-4H3,(H2,21,22,23). The van der Waals surface area contributed by atoms with E-state index in [0.29, 0.717) is 6.54 Å². The van der Waals surface area contributed by atoms with Gasteiger partial charge >= 0.3 is 0 Å². The molecule has 0 saturated heterocycles. The molecule has 0 unspecified atom stereocenters. The highest BCUT2D eigenvalue weighted by Crippen LogP contribution is 2.24. The molecular formula is C20H24N4O. The lowest BCUT2D eigenvalue weighted by atomic mass is 9.92. The maximum Gasteiger partial charge on any atom is 0.258 e. The number of rotatable bonds is 3. The highest BCUT2D eigenvalue weighted by molar-refractivity contribution is 5.84. The second-order valence-electron chi connectivity index (χ2n) is 7.68. The summed E-state index contributed by atoms with van der Waals surface area (Å²) < 4.78 is 1.80. The van der Waals surface area contributed by atoms with Gasteiger partial charge in [0.25, 0.3) is 5.56 Å². The van der Waals surface area contributed by atoms with Crippen LogP contribution >= 0.6 is 0 Å². The Morgan fingerprint density at radius 3 is 2.68 bits per heavy atom. The van der Waals surface area contributed by atoms with Crippen molar-refractivity contribution in [2.24, 2.45) is 5.41 Å². The quantitative estimate of drug-likeness (QED) is 0.790. The van der Waals surface area contributed by atoms with Crippen LogP contribution in [-0.4, -0.2) is 14.5 Å². The van der Waals surface area contributed by atoms with Crippen LogP contribution in [0.1, 0.15) is 32.8 Å². The summed E-state index contributed by atoms with van der Waals surface area (Å²) in [5.74, 6) is 0.251. The van der Waals surface area contributed by atoms with E-state index in [0.717, 1.165) is 34.0 Å². The van der Waals surface area contributed by atoms with Crippen LogP contribution in [0.25, 0.3) is 22.0 Å². The van der Waals surface area contributed by atoms with Crippen molar-refractivity contribution >= 4 is 16.9 Å². The lowest BCUT2D eigenvalue weighted by molar-refractivity contribution is 0.348. The van der Waals surface area contributed by atoms with E-state index in [9.17, 15) is 4.79 Å². The Hall–Kier alpha value is -2.69. The Morgan fingerprint density at radius 1 is 1.20 bits per heavy atom. The van der Waals surface area contributed by atoms with E-state index in [2.05, 4.69) is 30.7 Å². The molecule has 0 aliphatic heterocycles. The topological polar surface area (TPSA) is 73.8 Å². The second-order valence-corrected chi connectivity index (χ2v) is 7.68. The zero-order valence-electron chi connectivity index (χ0n) is 15.2. The van der Waals surface area contributed by atoms with Crippen LogP contribution in [0.2, 0.25) is 0 Å². The third-order valence-electron chi connectivity index (χ3n) is 4.36. The summed E-state index contributed by atoms with van der Waals surface area (Å²) in [7, 11) is 0. The molecule has 0 spiro atoms. The van der Waals surface area contributed by atoms with Crippen LogP contribution in [0.3, 0.4) is 0 Å². The Labute approximate surface area is 147 Å². The Morgan fingerprint density at radius 2 is 1.96 bits per heavy atom. The molecule has 2 N–H and O–H groups in total. The minimum Gasteiger partial charge on any atom is -0.368 e. The predicted octanol–water partition coefficient (Wildman–Crippen LogP) is 3.79. The maximum atomic E-state index is 13.0. The molecule has 5 heteroatoms. The molecule has 0 amide bonds. The van der Waals surface area contributed by atoms with Crippen LogP contribution in [0.5, 0.6) is 0 Å². The van der Waals surface area contributed by atoms with Gasteiger partial charge in [-0.1, -0.05) is 26.8 Å². The number of hydrogen-bond acceptors (Lipinski definition) is 4. The van der Waals surface area contributed by atoms with Crippen molar-refractivity contribution in [1.82, 2.24) is 14.5 Å². The molecule has 0 aliphatic rings. The van der Waals surface area contributed by atoms with E-state index in [1.807, 2.05) is 37.4 Å². The van der Waals surface area contributed by atoms with Gasteiger partial charge in [0.1, 0.15) is 0 Å². The lowest BCUT2D eigenvalue weighted by Crippen LogP contribution is -2.24. The van der Waals surface area contributed by atoms with Gasteiger partial charge in [-0.3, -0.25) is 4.79 Å². The molecule has 3 rings (SSSR count). The Balaban J connectivity index is 2.07. The fraction of sp³-hybridized carbons (Fsp3) is 0.350. The summed E-state index contributed by atoms with van der Waals surface area (Å²) in [6.07, 6.45) is 4.52. The van der Waals surface area contributed by atoms with Crippen LogP contribution < -0.4 is 11.3 Å². The summed E-state index contributed by atoms with van der Waals surface area (Å²) >= 11 is 0. The number of anilines is 1. The Kier molecular flexibility index (Phi) is 4.33. The number of nitrogens with zero attached hydrogens (tertiary/aromatic N) is 3. The van der Waals surface area contributed by atoms with Crippen molar-refractivity contribution < 1.29 is 0 Å². The van der Waals surface area contributed by atoms with Crippen LogP contribution in [0.15, 0.2) is 41.5 Å². The molecule has 25 heavy (non-hydrogen) atoms. The molecule has 5 nitrogen and oxygen atoms in total. The van der Waals surface area contributed by atoms with Crippen molar-refractivity contribution in [3.05, 3.63) is 52.6 Å². The van der Waals surface area contributed by atoms with Crippen molar-refractivity contribution in [3.63, 3.8) is 0 Å². The zero-order chi connectivity index (χ0) is 18.2. The fourth-order valence-electron chi connectivity index (χ4n) is 2.85. The minimum atomic E-state index is 0.0416. The number of fused-ring (bicyclic) bond motifs is 1. The molecule has 3 aromatic rings. The smallest absolute Gasteiger partial charge is 0.258 e. The van der Waals surface area contributed by atoms with Crippen molar-refractivity contribution in [2.75, 3.05) is 5.73 Å². The molecule has 0 fully saturated rings. The first-order valence-electron chi connectivity index (χ1n) is 8.47. The van der Waals surface area contributed by atoms with Crippen LogP contribution in [-0.2, 0) is 6.54 Å². The van der Waals surface area contributed by atoms with Gasteiger partial charge in [-0.15, -0.1) is 0 Å². The lowest BCUT2D eigenvalue weighted by Gasteiger charge is -2.19. The maximum absolute atomic E-state index is 13.0. The van der Waals surface area contributed by atoms with Crippen molar-refractivity contribution in [3.8, 4) is 11.1 Å². The number of benzene rings is 1. The average Bonchev–Trinajstić information content (AvgIpc) is 2.53. The summed E-state index contributed by atoms with van der Waals surface area (Å²) in [6.45, 7) is 9.23. The van der Waals surface area contributed by atoms with Crippen LogP contribution in [0.4, 0.5) is 5.95 Å². The number of aryl methyl sites for hydroxylation is 2. The number of nitrogen functional groups attached to an aromatic ring is 1. The van der Waals surface area contributed by atoms with Gasteiger partial charge in [-0.25, -0.2) is 9.97 Å². The first-order valence-corrected chi connectivity index (χ1v) is 8.47. The van der Waals surface area contributed by atoms with Crippen molar-refractivity contribution in [1.29, 1.82) is 0 Å². The van der Waals surface area contributed by atoms with Gasteiger partial charge in [0.05, 0.1) is 11.1 Å². The normalized spacial score (nSPS) is 11.8. The van der Waals surface area contributed by atoms with Gasteiger partial charge in [0.15, 0.2) is 0 Å². The number of nitrogens with two attached hydrogens (primary N) is 1. The van der Waals surface area contributed by atoms with E-state index in [1.54, 1.807) is 10.8 Å². The molecule has 130 valence electrons. The highest BCUT2D eigenvalue weighted by atomic mass is 16.1. The van der Waals surface area contributed by atoms with Gasteiger partial charge in [0.2, 0.25) is 5.95 Å². The van der Waals surface area contributed by atoms with Gasteiger partial charge in [-0.05, 0) is 48.1 Å². The van der Waals surface area contributed by atoms with E-state index in [4.69, 9.17) is 5.73 Å². The third-order valence-corrected chi connectivity index (χ3v) is 4.36. The molecule has 0 saturated carbocycles. The SMILES string of the molecule is Cc1ccn(CCC(C)(C)C)c(=O)c1-c1ccc2nc(N)ncc2c1. The molecule has 2 heterocycles. The molecule has 0 bridgehead atoms. The number of aromatic nitrogens is 3. The largest absolute Gasteiger partial charge is 0.368 e. The molecule has 0 radical (unpaired) electrons. The molecule has 1 aromatic carbocycles. The van der Waals surface area contributed by atoms with Gasteiger partial charge in [-0.2, -0.15) is 0 Å². The number of hydrogen-bond donors (Lipinski definition) is 1. The monoisotopic (exact) mass is 336 g/mol. The van der Waals surface area contributed by atoms with Crippen LogP contribution in [0, 0.1) is 12.3 Å².